The van der Waals surface area contributed by atoms with Crippen LogP contribution in [0.2, 0.25) is 0 Å². The lowest BCUT2D eigenvalue weighted by atomic mass is 9.86. The number of piperazine rings is 1. The Morgan fingerprint density at radius 1 is 1.03 bits per heavy atom. The Kier molecular flexibility index (Phi) is 9.92. The minimum atomic E-state index is -0.243. The summed E-state index contributed by atoms with van der Waals surface area (Å²) in [4.78, 5) is 20.0. The molecule has 2 saturated heterocycles. The Bertz CT molecular complexity index is 1010. The first-order valence-corrected chi connectivity index (χ1v) is 13.9. The molecule has 2 heterocycles. The first-order valence-electron chi connectivity index (χ1n) is 13.9. The van der Waals surface area contributed by atoms with Crippen molar-refractivity contribution in [2.45, 2.75) is 45.6 Å². The summed E-state index contributed by atoms with van der Waals surface area (Å²) in [5, 5.41) is 3.03. The summed E-state index contributed by atoms with van der Waals surface area (Å²) in [6.45, 7) is 11.7. The van der Waals surface area contributed by atoms with Crippen LogP contribution in [0.5, 0.6) is 0 Å². The molecule has 0 aliphatic carbocycles. The van der Waals surface area contributed by atoms with Crippen molar-refractivity contribution in [2.75, 3.05) is 57.3 Å². The molecule has 0 saturated carbocycles. The first kappa shape index (κ1) is 27.5. The lowest BCUT2D eigenvalue weighted by Gasteiger charge is -2.47. The lowest BCUT2D eigenvalue weighted by Crippen LogP contribution is -2.57. The van der Waals surface area contributed by atoms with Crippen molar-refractivity contribution >= 4 is 11.6 Å². The van der Waals surface area contributed by atoms with Crippen LogP contribution < -0.4 is 10.2 Å². The Morgan fingerprint density at radius 3 is 2.54 bits per heavy atom. The van der Waals surface area contributed by atoms with Crippen molar-refractivity contribution in [3.63, 3.8) is 0 Å². The van der Waals surface area contributed by atoms with E-state index in [1.165, 1.54) is 18.2 Å². The lowest BCUT2D eigenvalue weighted by molar-refractivity contribution is -0.121. The Morgan fingerprint density at radius 2 is 1.81 bits per heavy atom. The second-order valence-electron chi connectivity index (χ2n) is 11.0. The standard InChI is InChI=1S/C30H42F2N4O/c1-23(2)21-34-15-13-28(35-16-18-36(19-17-35)29-9-4-3-8-27(29)32)25(22-34)10-11-30(37)33-14-12-24-6-5-7-26(31)20-24/h3-9,20,23,25,28H,10-19,21-22H2,1-2H3,(H,33,37)/t25-,28+/m0/s1. The van der Waals surface area contributed by atoms with E-state index in [2.05, 4.69) is 33.9 Å². The molecule has 2 aromatic carbocycles. The molecule has 7 heteroatoms. The summed E-state index contributed by atoms with van der Waals surface area (Å²) in [5.74, 6) is 0.724. The van der Waals surface area contributed by atoms with Gasteiger partial charge in [-0.3, -0.25) is 9.69 Å². The third kappa shape index (κ3) is 7.99. The molecule has 2 fully saturated rings. The molecular weight excluding hydrogens is 470 g/mol. The summed E-state index contributed by atoms with van der Waals surface area (Å²) < 4.78 is 27.7. The zero-order valence-corrected chi connectivity index (χ0v) is 22.3. The van der Waals surface area contributed by atoms with Crippen molar-refractivity contribution in [3.05, 3.63) is 65.7 Å². The molecule has 37 heavy (non-hydrogen) atoms. The highest BCUT2D eigenvalue weighted by molar-refractivity contribution is 5.75. The van der Waals surface area contributed by atoms with E-state index in [1.54, 1.807) is 12.1 Å². The number of hydrogen-bond acceptors (Lipinski definition) is 4. The maximum atomic E-state index is 14.3. The van der Waals surface area contributed by atoms with Crippen LogP contribution in [0.15, 0.2) is 48.5 Å². The van der Waals surface area contributed by atoms with Gasteiger partial charge in [-0.2, -0.15) is 0 Å². The first-order chi connectivity index (χ1) is 17.9. The minimum absolute atomic E-state index is 0.0699. The molecule has 4 rings (SSSR count). The van der Waals surface area contributed by atoms with E-state index in [-0.39, 0.29) is 17.5 Å². The van der Waals surface area contributed by atoms with Crippen LogP contribution in [0.1, 0.15) is 38.7 Å². The highest BCUT2D eigenvalue weighted by Gasteiger charge is 2.35. The number of hydrogen-bond donors (Lipinski definition) is 1. The topological polar surface area (TPSA) is 38.8 Å². The second kappa shape index (κ2) is 13.3. The number of benzene rings is 2. The van der Waals surface area contributed by atoms with Gasteiger partial charge in [-0.15, -0.1) is 0 Å². The quantitative estimate of drug-likeness (QED) is 0.506. The number of para-hydroxylation sites is 1. The van der Waals surface area contributed by atoms with Crippen LogP contribution in [0, 0.1) is 23.5 Å². The molecule has 2 aliphatic heterocycles. The fourth-order valence-electron chi connectivity index (χ4n) is 5.99. The number of carbonyl (C=O) groups is 1. The number of halogens is 2. The Hall–Kier alpha value is -2.51. The molecule has 2 aromatic rings. The predicted molar refractivity (Wildman–Crippen MR) is 146 cm³/mol. The molecule has 1 amide bonds. The fraction of sp³-hybridized carbons (Fsp3) is 0.567. The smallest absolute Gasteiger partial charge is 0.220 e. The number of piperidine rings is 1. The van der Waals surface area contributed by atoms with Gasteiger partial charge in [0, 0.05) is 58.3 Å². The molecular formula is C30H42F2N4O. The highest BCUT2D eigenvalue weighted by Crippen LogP contribution is 2.29. The molecule has 2 aliphatic rings. The SMILES string of the molecule is CC(C)CN1CC[C@@H](N2CCN(c3ccccc3F)CC2)[C@@H](CCC(=O)NCCc2cccc(F)c2)C1. The van der Waals surface area contributed by atoms with Crippen LogP contribution in [0.3, 0.4) is 0 Å². The van der Waals surface area contributed by atoms with Crippen LogP contribution in [0.4, 0.5) is 14.5 Å². The molecule has 1 N–H and O–H groups in total. The molecule has 0 aromatic heterocycles. The van der Waals surface area contributed by atoms with Gasteiger partial charge in [0.25, 0.3) is 0 Å². The van der Waals surface area contributed by atoms with Gasteiger partial charge in [-0.05, 0) is 67.5 Å². The molecule has 0 spiro atoms. The van der Waals surface area contributed by atoms with Crippen molar-refractivity contribution < 1.29 is 13.6 Å². The average molecular weight is 513 g/mol. The molecule has 5 nitrogen and oxygen atoms in total. The summed E-state index contributed by atoms with van der Waals surface area (Å²) >= 11 is 0. The van der Waals surface area contributed by atoms with Crippen molar-refractivity contribution in [1.82, 2.24) is 15.1 Å². The zero-order chi connectivity index (χ0) is 26.2. The number of amides is 1. The van der Waals surface area contributed by atoms with E-state index in [0.717, 1.165) is 64.2 Å². The number of rotatable bonds is 10. The van der Waals surface area contributed by atoms with E-state index in [4.69, 9.17) is 0 Å². The van der Waals surface area contributed by atoms with Crippen LogP contribution in [0.25, 0.3) is 0 Å². The molecule has 202 valence electrons. The Balaban J connectivity index is 1.30. The van der Waals surface area contributed by atoms with Gasteiger partial charge in [0.05, 0.1) is 5.69 Å². The van der Waals surface area contributed by atoms with Crippen LogP contribution in [-0.2, 0) is 11.2 Å². The second-order valence-corrected chi connectivity index (χ2v) is 11.0. The van der Waals surface area contributed by atoms with E-state index in [0.29, 0.717) is 43.0 Å². The normalized spacial score (nSPS) is 21.4. The average Bonchev–Trinajstić information content (AvgIpc) is 2.88. The number of anilines is 1. The van der Waals surface area contributed by atoms with Crippen LogP contribution in [-0.4, -0.2) is 74.1 Å². The molecule has 0 radical (unpaired) electrons. The Labute approximate surface area is 220 Å². The largest absolute Gasteiger partial charge is 0.367 e. The number of likely N-dealkylation sites (tertiary alicyclic amines) is 1. The van der Waals surface area contributed by atoms with Crippen molar-refractivity contribution in [1.29, 1.82) is 0 Å². The maximum Gasteiger partial charge on any atom is 0.220 e. The van der Waals surface area contributed by atoms with Crippen molar-refractivity contribution in [2.24, 2.45) is 11.8 Å². The molecule has 2 atom stereocenters. The monoisotopic (exact) mass is 512 g/mol. The molecule has 0 bridgehead atoms. The van der Waals surface area contributed by atoms with Crippen LogP contribution >= 0.6 is 0 Å². The maximum absolute atomic E-state index is 14.3. The van der Waals surface area contributed by atoms with Crippen molar-refractivity contribution in [3.8, 4) is 0 Å². The summed E-state index contributed by atoms with van der Waals surface area (Å²) in [5.41, 5.74) is 1.59. The van der Waals surface area contributed by atoms with E-state index in [9.17, 15) is 13.6 Å². The predicted octanol–water partition coefficient (Wildman–Crippen LogP) is 4.57. The number of nitrogens with zero attached hydrogens (tertiary/aromatic N) is 3. The van der Waals surface area contributed by atoms with Gasteiger partial charge in [0.1, 0.15) is 11.6 Å². The third-order valence-corrected chi connectivity index (χ3v) is 7.74. The van der Waals surface area contributed by atoms with E-state index in [1.807, 2.05) is 18.2 Å². The van der Waals surface area contributed by atoms with Gasteiger partial charge in [-0.25, -0.2) is 8.78 Å². The molecule has 0 unspecified atom stereocenters. The minimum Gasteiger partial charge on any atom is -0.367 e. The summed E-state index contributed by atoms with van der Waals surface area (Å²) in [7, 11) is 0. The van der Waals surface area contributed by atoms with Gasteiger partial charge < -0.3 is 15.1 Å². The van der Waals surface area contributed by atoms with Gasteiger partial charge in [0.15, 0.2) is 0 Å². The number of nitrogens with one attached hydrogen (secondary N) is 1. The zero-order valence-electron chi connectivity index (χ0n) is 22.3. The third-order valence-electron chi connectivity index (χ3n) is 7.74. The summed E-state index contributed by atoms with van der Waals surface area (Å²) in [6, 6.07) is 14.0. The van der Waals surface area contributed by atoms with E-state index < -0.39 is 0 Å². The number of carbonyl (C=O) groups excluding carboxylic acids is 1. The van der Waals surface area contributed by atoms with E-state index >= 15 is 0 Å². The van der Waals surface area contributed by atoms with Gasteiger partial charge >= 0.3 is 0 Å². The highest BCUT2D eigenvalue weighted by atomic mass is 19.1. The summed E-state index contributed by atoms with van der Waals surface area (Å²) in [6.07, 6.45) is 3.11. The van der Waals surface area contributed by atoms with Gasteiger partial charge in [0.2, 0.25) is 5.91 Å². The fourth-order valence-corrected chi connectivity index (χ4v) is 5.99. The van der Waals surface area contributed by atoms with Gasteiger partial charge in [-0.1, -0.05) is 38.1 Å².